The van der Waals surface area contributed by atoms with Gasteiger partial charge in [0.25, 0.3) is 5.69 Å². The highest BCUT2D eigenvalue weighted by molar-refractivity contribution is 5.89. The molecule has 0 bridgehead atoms. The zero-order valence-electron chi connectivity index (χ0n) is 11.2. The molecule has 0 radical (unpaired) electrons. The van der Waals surface area contributed by atoms with Crippen molar-refractivity contribution in [3.8, 4) is 0 Å². The molecule has 0 saturated heterocycles. The van der Waals surface area contributed by atoms with Gasteiger partial charge >= 0.3 is 5.97 Å². The van der Waals surface area contributed by atoms with Crippen molar-refractivity contribution in [2.75, 3.05) is 0 Å². The summed E-state index contributed by atoms with van der Waals surface area (Å²) in [4.78, 5) is 22.0. The van der Waals surface area contributed by atoms with E-state index in [4.69, 9.17) is 4.74 Å². The maximum absolute atomic E-state index is 12.0. The van der Waals surface area contributed by atoms with Crippen LogP contribution in [0.4, 0.5) is 5.69 Å². The van der Waals surface area contributed by atoms with Gasteiger partial charge in [-0.15, -0.1) is 0 Å². The minimum absolute atomic E-state index is 0.0348. The van der Waals surface area contributed by atoms with Gasteiger partial charge in [-0.25, -0.2) is 4.79 Å². The van der Waals surface area contributed by atoms with Crippen LogP contribution in [0.5, 0.6) is 0 Å². The molecule has 2 rings (SSSR count). The molecule has 5 heteroatoms. The number of ether oxygens (including phenoxy) is 1. The Balaban J connectivity index is 1.99. The molecule has 1 aliphatic carbocycles. The summed E-state index contributed by atoms with van der Waals surface area (Å²) in [5.74, 6) is -0.435. The molecular formula is C15H17NO4. The Morgan fingerprint density at radius 1 is 1.20 bits per heavy atom. The average molecular weight is 275 g/mol. The van der Waals surface area contributed by atoms with Crippen LogP contribution in [0.1, 0.15) is 42.5 Å². The molecule has 0 heterocycles. The third-order valence-electron chi connectivity index (χ3n) is 3.28. The Morgan fingerprint density at radius 2 is 1.95 bits per heavy atom. The fraction of sp³-hybridized carbons (Fsp3) is 0.400. The maximum Gasteiger partial charge on any atom is 0.338 e. The van der Waals surface area contributed by atoms with E-state index in [9.17, 15) is 14.9 Å². The Hall–Kier alpha value is -2.17. The van der Waals surface area contributed by atoms with Gasteiger partial charge in [0.15, 0.2) is 0 Å². The van der Waals surface area contributed by atoms with E-state index in [2.05, 4.69) is 0 Å². The predicted molar refractivity (Wildman–Crippen MR) is 74.5 cm³/mol. The first kappa shape index (κ1) is 14.2. The van der Waals surface area contributed by atoms with Crippen molar-refractivity contribution in [3.63, 3.8) is 0 Å². The van der Waals surface area contributed by atoms with E-state index >= 15 is 0 Å². The molecule has 0 saturated carbocycles. The van der Waals surface area contributed by atoms with Crippen LogP contribution in [-0.4, -0.2) is 17.0 Å². The van der Waals surface area contributed by atoms with Crippen molar-refractivity contribution in [1.82, 2.24) is 0 Å². The molecule has 1 atom stereocenters. The molecule has 20 heavy (non-hydrogen) atoms. The fourth-order valence-corrected chi connectivity index (χ4v) is 2.15. The third-order valence-corrected chi connectivity index (χ3v) is 3.28. The van der Waals surface area contributed by atoms with Gasteiger partial charge in [-0.2, -0.15) is 0 Å². The topological polar surface area (TPSA) is 69.4 Å². The van der Waals surface area contributed by atoms with Crippen LogP contribution >= 0.6 is 0 Å². The van der Waals surface area contributed by atoms with Crippen molar-refractivity contribution in [1.29, 1.82) is 0 Å². The number of nitrogens with zero attached hydrogens (tertiary/aromatic N) is 1. The molecule has 0 spiro atoms. The lowest BCUT2D eigenvalue weighted by Crippen LogP contribution is -2.17. The van der Waals surface area contributed by atoms with Crippen molar-refractivity contribution in [2.45, 2.75) is 38.2 Å². The fourth-order valence-electron chi connectivity index (χ4n) is 2.15. The van der Waals surface area contributed by atoms with Crippen LogP contribution in [0.3, 0.4) is 0 Å². The van der Waals surface area contributed by atoms with E-state index in [1.165, 1.54) is 30.7 Å². The summed E-state index contributed by atoms with van der Waals surface area (Å²) in [6, 6.07) is 5.47. The highest BCUT2D eigenvalue weighted by atomic mass is 16.6. The number of allylic oxidation sites excluding steroid dienone is 1. The lowest BCUT2D eigenvalue weighted by atomic mass is 10.0. The number of nitro benzene ring substituents is 1. The number of hydrogen-bond donors (Lipinski definition) is 0. The number of carbonyl (C=O) groups is 1. The van der Waals surface area contributed by atoms with Gasteiger partial charge < -0.3 is 4.74 Å². The number of carbonyl (C=O) groups excluding carboxylic acids is 1. The minimum atomic E-state index is -0.493. The van der Waals surface area contributed by atoms with Crippen LogP contribution in [0, 0.1) is 10.1 Å². The van der Waals surface area contributed by atoms with E-state index in [0.29, 0.717) is 5.56 Å². The van der Waals surface area contributed by atoms with E-state index in [1.807, 2.05) is 12.2 Å². The molecule has 1 aromatic carbocycles. The number of esters is 1. The zero-order valence-corrected chi connectivity index (χ0v) is 11.2. The second-order valence-corrected chi connectivity index (χ2v) is 4.81. The summed E-state index contributed by atoms with van der Waals surface area (Å²) in [5, 5.41) is 10.5. The van der Waals surface area contributed by atoms with Gasteiger partial charge in [0, 0.05) is 12.1 Å². The van der Waals surface area contributed by atoms with Gasteiger partial charge in [-0.1, -0.05) is 12.5 Å². The highest BCUT2D eigenvalue weighted by Crippen LogP contribution is 2.17. The van der Waals surface area contributed by atoms with Gasteiger partial charge in [-0.05, 0) is 43.9 Å². The Kier molecular flexibility index (Phi) is 4.87. The molecule has 0 aromatic heterocycles. The lowest BCUT2D eigenvalue weighted by molar-refractivity contribution is -0.384. The van der Waals surface area contributed by atoms with Crippen molar-refractivity contribution < 1.29 is 14.5 Å². The molecule has 0 N–H and O–H groups in total. The van der Waals surface area contributed by atoms with E-state index in [1.54, 1.807) is 0 Å². The number of nitro groups is 1. The van der Waals surface area contributed by atoms with Crippen molar-refractivity contribution in [2.24, 2.45) is 0 Å². The predicted octanol–water partition coefficient (Wildman–Crippen LogP) is 3.64. The molecule has 0 aliphatic heterocycles. The third kappa shape index (κ3) is 3.91. The zero-order chi connectivity index (χ0) is 14.4. The SMILES string of the molecule is O=C(O[C@@H]1C=CCCCCC1)c1ccc([N+](=O)[O-])cc1. The smallest absolute Gasteiger partial charge is 0.338 e. The second-order valence-electron chi connectivity index (χ2n) is 4.81. The molecule has 1 aliphatic rings. The first-order valence-electron chi connectivity index (χ1n) is 6.79. The number of rotatable bonds is 3. The summed E-state index contributed by atoms with van der Waals surface area (Å²) in [7, 11) is 0. The van der Waals surface area contributed by atoms with E-state index in [0.717, 1.165) is 25.7 Å². The summed E-state index contributed by atoms with van der Waals surface area (Å²) >= 11 is 0. The van der Waals surface area contributed by atoms with Crippen LogP contribution in [0.2, 0.25) is 0 Å². The lowest BCUT2D eigenvalue weighted by Gasteiger charge is -2.16. The average Bonchev–Trinajstić information content (AvgIpc) is 2.41. The molecule has 5 nitrogen and oxygen atoms in total. The quantitative estimate of drug-likeness (QED) is 0.365. The van der Waals surface area contributed by atoms with Crippen LogP contribution in [0.15, 0.2) is 36.4 Å². The minimum Gasteiger partial charge on any atom is -0.455 e. The molecular weight excluding hydrogens is 258 g/mol. The first-order valence-corrected chi connectivity index (χ1v) is 6.79. The second kappa shape index (κ2) is 6.84. The molecule has 0 fully saturated rings. The van der Waals surface area contributed by atoms with E-state index < -0.39 is 10.9 Å². The number of hydrogen-bond acceptors (Lipinski definition) is 4. The Labute approximate surface area is 117 Å². The summed E-state index contributed by atoms with van der Waals surface area (Å²) in [5.41, 5.74) is 0.304. The van der Waals surface area contributed by atoms with Gasteiger partial charge in [0.2, 0.25) is 0 Å². The Bertz CT molecular complexity index is 507. The normalized spacial score (nSPS) is 18.9. The summed E-state index contributed by atoms with van der Waals surface area (Å²) < 4.78 is 5.42. The van der Waals surface area contributed by atoms with Gasteiger partial charge in [0.1, 0.15) is 6.10 Å². The molecule has 106 valence electrons. The molecule has 1 aromatic rings. The van der Waals surface area contributed by atoms with Gasteiger partial charge in [-0.3, -0.25) is 10.1 Å². The number of benzene rings is 1. The first-order chi connectivity index (χ1) is 9.66. The monoisotopic (exact) mass is 275 g/mol. The largest absolute Gasteiger partial charge is 0.455 e. The maximum atomic E-state index is 12.0. The summed E-state index contributed by atoms with van der Waals surface area (Å²) in [6.45, 7) is 0. The standard InChI is InChI=1S/C15H17NO4/c17-15(12-8-10-13(11-9-12)16(18)19)20-14-6-4-2-1-3-5-7-14/h4,6,8-11,14H,1-3,5,7H2/t14-/m1/s1. The van der Waals surface area contributed by atoms with Crippen LogP contribution in [-0.2, 0) is 4.74 Å². The molecule has 0 amide bonds. The number of non-ortho nitro benzene ring substituents is 1. The van der Waals surface area contributed by atoms with Crippen molar-refractivity contribution >= 4 is 11.7 Å². The molecule has 0 unspecified atom stereocenters. The van der Waals surface area contributed by atoms with Crippen LogP contribution in [0.25, 0.3) is 0 Å². The highest BCUT2D eigenvalue weighted by Gasteiger charge is 2.15. The van der Waals surface area contributed by atoms with E-state index in [-0.39, 0.29) is 11.8 Å². The summed E-state index contributed by atoms with van der Waals surface area (Å²) in [6.07, 6.45) is 9.01. The van der Waals surface area contributed by atoms with Gasteiger partial charge in [0.05, 0.1) is 10.5 Å². The Morgan fingerprint density at radius 3 is 2.65 bits per heavy atom. The van der Waals surface area contributed by atoms with Crippen molar-refractivity contribution in [3.05, 3.63) is 52.1 Å². The van der Waals surface area contributed by atoms with Crippen LogP contribution < -0.4 is 0 Å².